The van der Waals surface area contributed by atoms with Crippen LogP contribution < -0.4 is 16.0 Å². The molecule has 148 valence electrons. The Hall–Kier alpha value is -1.44. The first-order valence-corrected chi connectivity index (χ1v) is 10.8. The van der Waals surface area contributed by atoms with Gasteiger partial charge in [-0.25, -0.2) is 4.79 Å². The van der Waals surface area contributed by atoms with E-state index in [2.05, 4.69) is 16.0 Å². The summed E-state index contributed by atoms with van der Waals surface area (Å²) in [6.45, 7) is 0.706. The Kier molecular flexibility index (Phi) is 9.08. The van der Waals surface area contributed by atoms with E-state index in [4.69, 9.17) is 5.11 Å². The van der Waals surface area contributed by atoms with Crippen molar-refractivity contribution in [1.29, 1.82) is 0 Å². The number of carboxylic acid groups (broad SMARTS) is 1. The molecule has 4 N–H and O–H groups in total. The van der Waals surface area contributed by atoms with E-state index in [1.807, 2.05) is 11.8 Å². The van der Waals surface area contributed by atoms with Crippen LogP contribution in [-0.4, -0.2) is 52.6 Å². The standard InChI is InChI=1S/C18H31N3O4S/c22-15(19-11-7-3-1-2-4-10-16(23)24)9-6-5-8-14-17-13(12-26-14)20-18(25)21-17/h13-14,17H,1-12H2,(H,19,22)(H,23,24)(H2,20,21,25)/t13-,14-,17-/m0/s1. The summed E-state index contributed by atoms with van der Waals surface area (Å²) >= 11 is 1.91. The average molecular weight is 386 g/mol. The molecule has 0 aliphatic carbocycles. The van der Waals surface area contributed by atoms with Crippen LogP contribution in [0.5, 0.6) is 0 Å². The first-order valence-electron chi connectivity index (χ1n) is 9.73. The third-order valence-electron chi connectivity index (χ3n) is 4.97. The molecule has 2 fully saturated rings. The highest BCUT2D eigenvalue weighted by Gasteiger charge is 2.42. The van der Waals surface area contributed by atoms with Crippen LogP contribution in [0, 0.1) is 0 Å². The maximum absolute atomic E-state index is 11.8. The van der Waals surface area contributed by atoms with E-state index < -0.39 is 5.97 Å². The van der Waals surface area contributed by atoms with Crippen molar-refractivity contribution in [2.45, 2.75) is 81.5 Å². The molecular formula is C18H31N3O4S. The highest BCUT2D eigenvalue weighted by Crippen LogP contribution is 2.33. The van der Waals surface area contributed by atoms with Gasteiger partial charge in [0, 0.05) is 30.4 Å². The monoisotopic (exact) mass is 385 g/mol. The van der Waals surface area contributed by atoms with Crippen molar-refractivity contribution >= 4 is 29.7 Å². The van der Waals surface area contributed by atoms with E-state index in [-0.39, 0.29) is 30.4 Å². The number of hydrogen-bond donors (Lipinski definition) is 4. The van der Waals surface area contributed by atoms with Gasteiger partial charge in [0.25, 0.3) is 0 Å². The third-order valence-corrected chi connectivity index (χ3v) is 6.48. The van der Waals surface area contributed by atoms with E-state index in [0.29, 0.717) is 18.2 Å². The molecule has 0 spiro atoms. The number of urea groups is 1. The van der Waals surface area contributed by atoms with Crippen molar-refractivity contribution < 1.29 is 19.5 Å². The van der Waals surface area contributed by atoms with Gasteiger partial charge in [0.1, 0.15) is 0 Å². The first kappa shape index (κ1) is 20.9. The largest absolute Gasteiger partial charge is 0.481 e. The molecule has 0 aromatic carbocycles. The van der Waals surface area contributed by atoms with Gasteiger partial charge in [-0.05, 0) is 25.7 Å². The Labute approximate surface area is 159 Å². The predicted octanol–water partition coefficient (Wildman–Crippen LogP) is 2.25. The second-order valence-electron chi connectivity index (χ2n) is 7.13. The lowest BCUT2D eigenvalue weighted by Crippen LogP contribution is -2.36. The van der Waals surface area contributed by atoms with Gasteiger partial charge in [0.05, 0.1) is 12.1 Å². The van der Waals surface area contributed by atoms with Crippen LogP contribution in [0.1, 0.15) is 64.2 Å². The Morgan fingerprint density at radius 3 is 2.58 bits per heavy atom. The van der Waals surface area contributed by atoms with Crippen LogP contribution in [0.15, 0.2) is 0 Å². The number of aliphatic carboxylic acids is 1. The van der Waals surface area contributed by atoms with Crippen LogP contribution in [0.4, 0.5) is 4.79 Å². The maximum atomic E-state index is 11.8. The zero-order valence-corrected chi connectivity index (χ0v) is 16.1. The molecule has 0 bridgehead atoms. The summed E-state index contributed by atoms with van der Waals surface area (Å²) in [6, 6.07) is 0.466. The number of hydrogen-bond acceptors (Lipinski definition) is 4. The van der Waals surface area contributed by atoms with Gasteiger partial charge in [-0.2, -0.15) is 11.8 Å². The van der Waals surface area contributed by atoms with Crippen LogP contribution in [0.3, 0.4) is 0 Å². The third kappa shape index (κ3) is 7.43. The van der Waals surface area contributed by atoms with Crippen LogP contribution >= 0.6 is 11.8 Å². The lowest BCUT2D eigenvalue weighted by atomic mass is 10.0. The molecule has 2 aliphatic rings. The lowest BCUT2D eigenvalue weighted by Gasteiger charge is -2.16. The van der Waals surface area contributed by atoms with Gasteiger partial charge in [-0.1, -0.05) is 25.7 Å². The second-order valence-corrected chi connectivity index (χ2v) is 8.40. The summed E-state index contributed by atoms with van der Waals surface area (Å²) in [4.78, 5) is 33.6. The molecule has 7 nitrogen and oxygen atoms in total. The number of nitrogens with one attached hydrogen (secondary N) is 3. The summed E-state index contributed by atoms with van der Waals surface area (Å²) in [5.41, 5.74) is 0. The molecular weight excluding hydrogens is 354 g/mol. The van der Waals surface area contributed by atoms with Crippen molar-refractivity contribution in [2.75, 3.05) is 12.3 Å². The van der Waals surface area contributed by atoms with E-state index in [1.54, 1.807) is 0 Å². The van der Waals surface area contributed by atoms with E-state index >= 15 is 0 Å². The quantitative estimate of drug-likeness (QED) is 0.287. The molecule has 0 radical (unpaired) electrons. The van der Waals surface area contributed by atoms with Crippen molar-refractivity contribution in [3.63, 3.8) is 0 Å². The molecule has 0 saturated carbocycles. The number of carbonyl (C=O) groups is 3. The number of rotatable bonds is 13. The summed E-state index contributed by atoms with van der Waals surface area (Å²) in [5, 5.41) is 17.9. The van der Waals surface area contributed by atoms with Gasteiger partial charge in [-0.3, -0.25) is 9.59 Å². The molecule has 2 saturated heterocycles. The number of carboxylic acids is 1. The van der Waals surface area contributed by atoms with E-state index in [0.717, 1.165) is 57.1 Å². The van der Waals surface area contributed by atoms with Crippen molar-refractivity contribution in [3.8, 4) is 0 Å². The summed E-state index contributed by atoms with van der Waals surface area (Å²) in [5.74, 6) is 0.363. The number of amides is 3. The molecule has 3 amide bonds. The summed E-state index contributed by atoms with van der Waals surface area (Å²) in [7, 11) is 0. The van der Waals surface area contributed by atoms with Gasteiger partial charge < -0.3 is 21.1 Å². The summed E-state index contributed by atoms with van der Waals surface area (Å²) < 4.78 is 0. The van der Waals surface area contributed by atoms with Crippen LogP contribution in [-0.2, 0) is 9.59 Å². The smallest absolute Gasteiger partial charge is 0.315 e. The molecule has 2 aliphatic heterocycles. The van der Waals surface area contributed by atoms with Crippen molar-refractivity contribution in [2.24, 2.45) is 0 Å². The minimum atomic E-state index is -0.728. The van der Waals surface area contributed by atoms with Crippen LogP contribution in [0.25, 0.3) is 0 Å². The van der Waals surface area contributed by atoms with Gasteiger partial charge in [0.2, 0.25) is 5.91 Å². The Balaban J connectivity index is 1.40. The molecule has 3 atom stereocenters. The highest BCUT2D eigenvalue weighted by molar-refractivity contribution is 8.00. The molecule has 0 aromatic heterocycles. The van der Waals surface area contributed by atoms with Gasteiger partial charge >= 0.3 is 12.0 Å². The number of carbonyl (C=O) groups excluding carboxylic acids is 2. The van der Waals surface area contributed by atoms with Crippen molar-refractivity contribution in [3.05, 3.63) is 0 Å². The first-order chi connectivity index (χ1) is 12.6. The normalized spacial score (nSPS) is 24.0. The number of thioether (sulfide) groups is 1. The van der Waals surface area contributed by atoms with Crippen LogP contribution in [0.2, 0.25) is 0 Å². The average Bonchev–Trinajstić information content (AvgIpc) is 3.13. The van der Waals surface area contributed by atoms with Gasteiger partial charge in [-0.15, -0.1) is 0 Å². The summed E-state index contributed by atoms with van der Waals surface area (Å²) in [6.07, 6.45) is 8.43. The predicted molar refractivity (Wildman–Crippen MR) is 102 cm³/mol. The minimum absolute atomic E-state index is 0.0495. The number of unbranched alkanes of at least 4 members (excludes halogenated alkanes) is 5. The lowest BCUT2D eigenvalue weighted by molar-refractivity contribution is -0.137. The molecule has 8 heteroatoms. The number of fused-ring (bicyclic) bond motifs is 1. The fourth-order valence-electron chi connectivity index (χ4n) is 3.52. The fraction of sp³-hybridized carbons (Fsp3) is 0.833. The molecule has 2 rings (SSSR count). The zero-order chi connectivity index (χ0) is 18.8. The van der Waals surface area contributed by atoms with E-state index in [1.165, 1.54) is 0 Å². The Morgan fingerprint density at radius 1 is 1.04 bits per heavy atom. The second kappa shape index (κ2) is 11.3. The maximum Gasteiger partial charge on any atom is 0.315 e. The fourth-order valence-corrected chi connectivity index (χ4v) is 5.07. The highest BCUT2D eigenvalue weighted by atomic mass is 32.2. The Bertz CT molecular complexity index is 489. The topological polar surface area (TPSA) is 108 Å². The van der Waals surface area contributed by atoms with Gasteiger partial charge in [0.15, 0.2) is 0 Å². The SMILES string of the molecule is O=C(O)CCCCCCCNC(=O)CCCC[C@@H]1SC[C@@H]2NC(=O)N[C@@H]21. The molecule has 0 aromatic rings. The minimum Gasteiger partial charge on any atom is -0.481 e. The molecule has 0 unspecified atom stereocenters. The molecule has 2 heterocycles. The zero-order valence-electron chi connectivity index (χ0n) is 15.3. The molecule has 26 heavy (non-hydrogen) atoms. The van der Waals surface area contributed by atoms with Crippen molar-refractivity contribution in [1.82, 2.24) is 16.0 Å². The Morgan fingerprint density at radius 2 is 1.77 bits per heavy atom. The van der Waals surface area contributed by atoms with E-state index in [9.17, 15) is 14.4 Å².